The van der Waals surface area contributed by atoms with E-state index in [9.17, 15) is 9.50 Å². The standard InChI is InChI=1S/C26H20FN3O/c27-20-8-10-21(11-9-20)30-25-12-7-19(15-17(25)16-29-30)26(31,18-5-6-18)23-13-14-28-24-4-2-1-3-22(23)24/h1-4,7-16,18,31H,5-6H2. The molecule has 31 heavy (non-hydrogen) atoms. The summed E-state index contributed by atoms with van der Waals surface area (Å²) in [6, 6.07) is 22.1. The minimum absolute atomic E-state index is 0.169. The molecule has 1 aliphatic rings. The predicted octanol–water partition coefficient (Wildman–Crippen LogP) is 5.36. The highest BCUT2D eigenvalue weighted by molar-refractivity contribution is 5.85. The summed E-state index contributed by atoms with van der Waals surface area (Å²) in [6.07, 6.45) is 5.54. The number of para-hydroxylation sites is 1. The maximum Gasteiger partial charge on any atom is 0.123 e. The van der Waals surface area contributed by atoms with E-state index in [2.05, 4.69) is 10.1 Å². The third-order valence-corrected chi connectivity index (χ3v) is 6.31. The molecule has 152 valence electrons. The molecule has 1 unspecified atom stereocenters. The van der Waals surface area contributed by atoms with Gasteiger partial charge in [-0.15, -0.1) is 0 Å². The van der Waals surface area contributed by atoms with E-state index in [0.29, 0.717) is 0 Å². The molecular weight excluding hydrogens is 389 g/mol. The zero-order valence-electron chi connectivity index (χ0n) is 16.7. The normalized spacial score (nSPS) is 15.9. The average molecular weight is 409 g/mol. The number of rotatable bonds is 4. The van der Waals surface area contributed by atoms with Crippen LogP contribution in [0.1, 0.15) is 24.0 Å². The van der Waals surface area contributed by atoms with Gasteiger partial charge in [-0.2, -0.15) is 5.10 Å². The van der Waals surface area contributed by atoms with E-state index in [1.807, 2.05) is 48.5 Å². The number of nitrogens with zero attached hydrogens (tertiary/aromatic N) is 3. The van der Waals surface area contributed by atoms with Gasteiger partial charge in [-0.05, 0) is 78.4 Å². The summed E-state index contributed by atoms with van der Waals surface area (Å²) >= 11 is 0. The molecule has 5 heteroatoms. The summed E-state index contributed by atoms with van der Waals surface area (Å²) in [5, 5.41) is 18.5. The number of fused-ring (bicyclic) bond motifs is 2. The second kappa shape index (κ2) is 6.72. The van der Waals surface area contributed by atoms with E-state index in [1.165, 1.54) is 12.1 Å². The molecule has 1 N–H and O–H groups in total. The van der Waals surface area contributed by atoms with E-state index in [0.717, 1.165) is 51.5 Å². The number of halogens is 1. The maximum absolute atomic E-state index is 13.3. The van der Waals surface area contributed by atoms with Gasteiger partial charge in [0.05, 0.1) is 22.9 Å². The Kier molecular flexibility index (Phi) is 3.95. The van der Waals surface area contributed by atoms with Crippen LogP contribution < -0.4 is 0 Å². The van der Waals surface area contributed by atoms with Gasteiger partial charge in [-0.3, -0.25) is 4.98 Å². The van der Waals surface area contributed by atoms with Gasteiger partial charge in [0.2, 0.25) is 0 Å². The monoisotopic (exact) mass is 409 g/mol. The fourth-order valence-electron chi connectivity index (χ4n) is 4.60. The Hall–Kier alpha value is -3.57. The van der Waals surface area contributed by atoms with E-state index in [4.69, 9.17) is 0 Å². The van der Waals surface area contributed by atoms with Crippen molar-refractivity contribution in [2.24, 2.45) is 5.92 Å². The highest BCUT2D eigenvalue weighted by atomic mass is 19.1. The van der Waals surface area contributed by atoms with Gasteiger partial charge in [0.15, 0.2) is 0 Å². The second-order valence-corrected chi connectivity index (χ2v) is 8.22. The lowest BCUT2D eigenvalue weighted by Gasteiger charge is -2.30. The topological polar surface area (TPSA) is 50.9 Å². The van der Waals surface area contributed by atoms with Crippen molar-refractivity contribution in [2.75, 3.05) is 0 Å². The Balaban J connectivity index is 1.51. The highest BCUT2D eigenvalue weighted by Gasteiger charge is 2.47. The Morgan fingerprint density at radius 3 is 2.58 bits per heavy atom. The van der Waals surface area contributed by atoms with Crippen molar-refractivity contribution in [3.63, 3.8) is 0 Å². The number of pyridine rings is 1. The number of aromatic nitrogens is 3. The molecular formula is C26H20FN3O. The number of aliphatic hydroxyl groups is 1. The molecule has 5 aromatic rings. The van der Waals surface area contributed by atoms with E-state index in [1.54, 1.807) is 29.2 Å². The van der Waals surface area contributed by atoms with Crippen molar-refractivity contribution in [3.05, 3.63) is 102 Å². The molecule has 1 aliphatic carbocycles. The van der Waals surface area contributed by atoms with Crippen molar-refractivity contribution in [1.29, 1.82) is 0 Å². The first-order valence-corrected chi connectivity index (χ1v) is 10.5. The molecule has 4 nitrogen and oxygen atoms in total. The first-order chi connectivity index (χ1) is 15.1. The van der Waals surface area contributed by atoms with Crippen LogP contribution in [-0.4, -0.2) is 19.9 Å². The molecule has 1 atom stereocenters. The molecule has 0 aliphatic heterocycles. The Labute approximate surface area is 178 Å². The first-order valence-electron chi connectivity index (χ1n) is 10.5. The van der Waals surface area contributed by atoms with Crippen LogP contribution in [0.25, 0.3) is 27.5 Å². The third-order valence-electron chi connectivity index (χ3n) is 6.31. The quantitative estimate of drug-likeness (QED) is 0.435. The number of benzene rings is 3. The molecule has 6 rings (SSSR count). The summed E-state index contributed by atoms with van der Waals surface area (Å²) in [5.74, 6) is -0.107. The molecule has 2 heterocycles. The van der Waals surface area contributed by atoms with Crippen LogP contribution in [0.2, 0.25) is 0 Å². The zero-order valence-corrected chi connectivity index (χ0v) is 16.7. The molecule has 2 aromatic heterocycles. The zero-order chi connectivity index (χ0) is 21.0. The van der Waals surface area contributed by atoms with Crippen LogP contribution in [0, 0.1) is 11.7 Å². The largest absolute Gasteiger partial charge is 0.380 e. The molecule has 1 saturated carbocycles. The molecule has 1 fully saturated rings. The smallest absolute Gasteiger partial charge is 0.123 e. The summed E-state index contributed by atoms with van der Waals surface area (Å²) in [4.78, 5) is 4.47. The van der Waals surface area contributed by atoms with Crippen LogP contribution in [0.5, 0.6) is 0 Å². The molecule has 0 spiro atoms. The second-order valence-electron chi connectivity index (χ2n) is 8.22. The molecule has 3 aromatic carbocycles. The van der Waals surface area contributed by atoms with Crippen molar-refractivity contribution in [3.8, 4) is 5.69 Å². The lowest BCUT2D eigenvalue weighted by molar-refractivity contribution is 0.0580. The first kappa shape index (κ1) is 18.2. The lowest BCUT2D eigenvalue weighted by Crippen LogP contribution is -2.30. The Morgan fingerprint density at radius 2 is 1.77 bits per heavy atom. The summed E-state index contributed by atoms with van der Waals surface area (Å²) < 4.78 is 15.1. The summed E-state index contributed by atoms with van der Waals surface area (Å²) in [5.41, 5.74) is 3.25. The van der Waals surface area contributed by atoms with E-state index < -0.39 is 5.60 Å². The minimum Gasteiger partial charge on any atom is -0.380 e. The van der Waals surface area contributed by atoms with Gasteiger partial charge < -0.3 is 5.11 Å². The van der Waals surface area contributed by atoms with Gasteiger partial charge in [0.25, 0.3) is 0 Å². The van der Waals surface area contributed by atoms with Crippen molar-refractivity contribution >= 4 is 21.8 Å². The van der Waals surface area contributed by atoms with Crippen LogP contribution in [0.3, 0.4) is 0 Å². The third kappa shape index (κ3) is 2.85. The van der Waals surface area contributed by atoms with Gasteiger partial charge in [0.1, 0.15) is 11.4 Å². The van der Waals surface area contributed by atoms with Crippen LogP contribution >= 0.6 is 0 Å². The van der Waals surface area contributed by atoms with E-state index >= 15 is 0 Å². The summed E-state index contributed by atoms with van der Waals surface area (Å²) in [7, 11) is 0. The SMILES string of the molecule is OC(c1ccc2c(cnn2-c2ccc(F)cc2)c1)(c1ccnc2ccccc12)C1CC1. The van der Waals surface area contributed by atoms with Crippen LogP contribution in [0.15, 0.2) is 85.2 Å². The Morgan fingerprint density at radius 1 is 0.968 bits per heavy atom. The van der Waals surface area contributed by atoms with Gasteiger partial charge in [-0.1, -0.05) is 24.3 Å². The van der Waals surface area contributed by atoms with Crippen LogP contribution in [0.4, 0.5) is 4.39 Å². The highest BCUT2D eigenvalue weighted by Crippen LogP contribution is 2.51. The van der Waals surface area contributed by atoms with Gasteiger partial charge in [-0.25, -0.2) is 9.07 Å². The maximum atomic E-state index is 13.3. The summed E-state index contributed by atoms with van der Waals surface area (Å²) in [6.45, 7) is 0. The van der Waals surface area contributed by atoms with Crippen molar-refractivity contribution in [1.82, 2.24) is 14.8 Å². The number of hydrogen-bond donors (Lipinski definition) is 1. The predicted molar refractivity (Wildman–Crippen MR) is 118 cm³/mol. The average Bonchev–Trinajstić information content (AvgIpc) is 3.59. The molecule has 0 saturated heterocycles. The minimum atomic E-state index is -1.09. The fourth-order valence-corrected chi connectivity index (χ4v) is 4.60. The molecule has 0 bridgehead atoms. The molecule has 0 radical (unpaired) electrons. The fraction of sp³-hybridized carbons (Fsp3) is 0.154. The van der Waals surface area contributed by atoms with Crippen molar-refractivity contribution in [2.45, 2.75) is 18.4 Å². The Bertz CT molecular complexity index is 1420. The number of hydrogen-bond acceptors (Lipinski definition) is 3. The van der Waals surface area contributed by atoms with Gasteiger partial charge >= 0.3 is 0 Å². The van der Waals surface area contributed by atoms with Gasteiger partial charge in [0, 0.05) is 17.0 Å². The van der Waals surface area contributed by atoms with Crippen molar-refractivity contribution < 1.29 is 9.50 Å². The van der Waals surface area contributed by atoms with E-state index in [-0.39, 0.29) is 11.7 Å². The molecule has 0 amide bonds. The lowest BCUT2D eigenvalue weighted by atomic mass is 9.80. The van der Waals surface area contributed by atoms with Crippen LogP contribution in [-0.2, 0) is 5.60 Å².